The lowest BCUT2D eigenvalue weighted by Crippen LogP contribution is -2.28. The Kier molecular flexibility index (Phi) is 4.33. The summed E-state index contributed by atoms with van der Waals surface area (Å²) in [6.07, 6.45) is 0.534. The number of anilines is 1. The number of aromatic nitrogens is 2. The van der Waals surface area contributed by atoms with Gasteiger partial charge in [0, 0.05) is 13.1 Å². The van der Waals surface area contributed by atoms with Gasteiger partial charge in [-0.25, -0.2) is 0 Å². The molecule has 1 aromatic rings. The van der Waals surface area contributed by atoms with Crippen molar-refractivity contribution in [1.29, 1.82) is 5.26 Å². The molecule has 0 aliphatic carbocycles. The Morgan fingerprint density at radius 3 is 2.93 bits per heavy atom. The van der Waals surface area contributed by atoms with Crippen molar-refractivity contribution < 1.29 is 0 Å². The summed E-state index contributed by atoms with van der Waals surface area (Å²) in [5, 5.41) is 17.3. The van der Waals surface area contributed by atoms with Crippen LogP contribution in [0, 0.1) is 17.2 Å². The van der Waals surface area contributed by atoms with E-state index in [-0.39, 0.29) is 0 Å². The Morgan fingerprint density at radius 1 is 1.64 bits per heavy atom. The largest absolute Gasteiger partial charge is 0.345 e. The van der Waals surface area contributed by atoms with E-state index in [9.17, 15) is 0 Å². The summed E-state index contributed by atoms with van der Waals surface area (Å²) in [4.78, 5) is 2.12. The van der Waals surface area contributed by atoms with E-state index >= 15 is 0 Å². The fraction of sp³-hybridized carbons (Fsp3) is 0.667. The molecule has 0 atom stereocenters. The Hall–Kier alpha value is -1.15. The highest BCUT2D eigenvalue weighted by Crippen LogP contribution is 2.17. The maximum absolute atomic E-state index is 8.54. The summed E-state index contributed by atoms with van der Waals surface area (Å²) in [5.41, 5.74) is 1.72. The molecule has 1 aromatic heterocycles. The molecule has 0 unspecified atom stereocenters. The smallest absolute Gasteiger partial charge is 0.208 e. The zero-order valence-electron chi connectivity index (χ0n) is 8.47. The molecule has 0 aliphatic rings. The summed E-state index contributed by atoms with van der Waals surface area (Å²) in [5.74, 6) is 0.567. The van der Waals surface area contributed by atoms with Gasteiger partial charge in [0.25, 0.3) is 0 Å². The molecule has 0 spiro atoms. The quantitative estimate of drug-likeness (QED) is 0.745. The normalized spacial score (nSPS) is 10.1. The van der Waals surface area contributed by atoms with Crippen molar-refractivity contribution in [2.24, 2.45) is 5.92 Å². The van der Waals surface area contributed by atoms with Crippen LogP contribution in [0.1, 0.15) is 20.3 Å². The standard InChI is InChI=1S/C9H14N4S/c1-8(2)6-13(5-3-4-10)9-12-11-7-14-9/h7-8H,3,5-6H2,1-2H3. The molecular weight excluding hydrogens is 196 g/mol. The lowest BCUT2D eigenvalue weighted by molar-refractivity contribution is 0.609. The third kappa shape index (κ3) is 3.30. The van der Waals surface area contributed by atoms with Crippen molar-refractivity contribution >= 4 is 16.5 Å². The fourth-order valence-electron chi connectivity index (χ4n) is 1.20. The van der Waals surface area contributed by atoms with E-state index < -0.39 is 0 Å². The maximum Gasteiger partial charge on any atom is 0.208 e. The lowest BCUT2D eigenvalue weighted by Gasteiger charge is -2.21. The minimum absolute atomic E-state index is 0.534. The summed E-state index contributed by atoms with van der Waals surface area (Å²) < 4.78 is 0. The van der Waals surface area contributed by atoms with Crippen LogP contribution in [0.2, 0.25) is 0 Å². The highest BCUT2D eigenvalue weighted by molar-refractivity contribution is 7.13. The van der Waals surface area contributed by atoms with Crippen LogP contribution in [0.25, 0.3) is 0 Å². The number of hydrogen-bond acceptors (Lipinski definition) is 5. The molecule has 1 rings (SSSR count). The molecule has 5 heteroatoms. The van der Waals surface area contributed by atoms with Gasteiger partial charge in [0.2, 0.25) is 5.13 Å². The van der Waals surface area contributed by atoms with Gasteiger partial charge in [0.15, 0.2) is 0 Å². The van der Waals surface area contributed by atoms with E-state index in [1.165, 1.54) is 11.3 Å². The first kappa shape index (κ1) is 10.9. The summed E-state index contributed by atoms with van der Waals surface area (Å²) in [6.45, 7) is 5.97. The molecule has 1 heterocycles. The topological polar surface area (TPSA) is 52.8 Å². The van der Waals surface area contributed by atoms with Gasteiger partial charge in [-0.1, -0.05) is 25.2 Å². The van der Waals surface area contributed by atoms with Gasteiger partial charge in [-0.15, -0.1) is 10.2 Å². The number of rotatable bonds is 5. The minimum Gasteiger partial charge on any atom is -0.345 e. The van der Waals surface area contributed by atoms with Gasteiger partial charge in [0.1, 0.15) is 5.51 Å². The molecule has 0 saturated carbocycles. The van der Waals surface area contributed by atoms with Crippen LogP contribution in [-0.4, -0.2) is 23.3 Å². The van der Waals surface area contributed by atoms with Gasteiger partial charge in [-0.3, -0.25) is 0 Å². The van der Waals surface area contributed by atoms with Gasteiger partial charge < -0.3 is 4.90 Å². The molecule has 0 radical (unpaired) electrons. The first-order valence-corrected chi connectivity index (χ1v) is 5.50. The summed E-state index contributed by atoms with van der Waals surface area (Å²) >= 11 is 1.52. The summed E-state index contributed by atoms with van der Waals surface area (Å²) in [7, 11) is 0. The molecule has 0 fully saturated rings. The highest BCUT2D eigenvalue weighted by atomic mass is 32.1. The van der Waals surface area contributed by atoms with Gasteiger partial charge >= 0.3 is 0 Å². The molecule has 0 saturated heterocycles. The van der Waals surface area contributed by atoms with Crippen LogP contribution >= 0.6 is 11.3 Å². The van der Waals surface area contributed by atoms with Crippen molar-refractivity contribution in [3.63, 3.8) is 0 Å². The molecular formula is C9H14N4S. The van der Waals surface area contributed by atoms with Crippen LogP contribution in [-0.2, 0) is 0 Å². The van der Waals surface area contributed by atoms with E-state index in [0.717, 1.165) is 18.2 Å². The van der Waals surface area contributed by atoms with Crippen LogP contribution in [0.5, 0.6) is 0 Å². The van der Waals surface area contributed by atoms with Gasteiger partial charge in [0.05, 0.1) is 12.5 Å². The molecule has 0 aromatic carbocycles. The third-order valence-corrected chi connectivity index (χ3v) is 2.45. The molecule has 0 amide bonds. The molecule has 76 valence electrons. The Labute approximate surface area is 88.2 Å². The first-order valence-electron chi connectivity index (χ1n) is 4.62. The van der Waals surface area contributed by atoms with Crippen LogP contribution < -0.4 is 4.90 Å². The van der Waals surface area contributed by atoms with Crippen LogP contribution in [0.4, 0.5) is 5.13 Å². The van der Waals surface area contributed by atoms with Gasteiger partial charge in [-0.05, 0) is 5.92 Å². The molecule has 14 heavy (non-hydrogen) atoms. The predicted molar refractivity (Wildman–Crippen MR) is 57.2 cm³/mol. The van der Waals surface area contributed by atoms with E-state index in [2.05, 4.69) is 35.0 Å². The van der Waals surface area contributed by atoms with Crippen molar-refractivity contribution in [2.45, 2.75) is 20.3 Å². The highest BCUT2D eigenvalue weighted by Gasteiger charge is 2.10. The van der Waals surface area contributed by atoms with Crippen LogP contribution in [0.3, 0.4) is 0 Å². The maximum atomic E-state index is 8.54. The second kappa shape index (κ2) is 5.55. The summed E-state index contributed by atoms with van der Waals surface area (Å²) in [6, 6.07) is 2.15. The number of nitriles is 1. The fourth-order valence-corrected chi connectivity index (χ4v) is 1.79. The monoisotopic (exact) mass is 210 g/mol. The average Bonchev–Trinajstić information content (AvgIpc) is 2.64. The van der Waals surface area contributed by atoms with Crippen molar-refractivity contribution in [2.75, 3.05) is 18.0 Å². The second-order valence-corrected chi connectivity index (χ2v) is 4.28. The zero-order valence-corrected chi connectivity index (χ0v) is 9.29. The SMILES string of the molecule is CC(C)CN(CCC#N)c1nncs1. The Bertz CT molecular complexity index is 288. The Balaban J connectivity index is 2.58. The predicted octanol–water partition coefficient (Wildman–Crippen LogP) is 1.91. The van der Waals surface area contributed by atoms with Crippen molar-refractivity contribution in [3.05, 3.63) is 5.51 Å². The number of nitrogens with zero attached hydrogens (tertiary/aromatic N) is 4. The van der Waals surface area contributed by atoms with Crippen molar-refractivity contribution in [1.82, 2.24) is 10.2 Å². The van der Waals surface area contributed by atoms with Crippen LogP contribution in [0.15, 0.2) is 5.51 Å². The zero-order chi connectivity index (χ0) is 10.4. The first-order chi connectivity index (χ1) is 6.74. The third-order valence-electron chi connectivity index (χ3n) is 1.70. The van der Waals surface area contributed by atoms with Gasteiger partial charge in [-0.2, -0.15) is 5.26 Å². The Morgan fingerprint density at radius 2 is 2.43 bits per heavy atom. The lowest BCUT2D eigenvalue weighted by atomic mass is 10.2. The molecule has 4 nitrogen and oxygen atoms in total. The van der Waals surface area contributed by atoms with E-state index in [0.29, 0.717) is 12.3 Å². The number of hydrogen-bond donors (Lipinski definition) is 0. The average molecular weight is 210 g/mol. The van der Waals surface area contributed by atoms with Crippen molar-refractivity contribution in [3.8, 4) is 6.07 Å². The second-order valence-electron chi connectivity index (χ2n) is 3.47. The van der Waals surface area contributed by atoms with E-state index in [1.807, 2.05) is 0 Å². The molecule has 0 aliphatic heterocycles. The van der Waals surface area contributed by atoms with E-state index in [4.69, 9.17) is 5.26 Å². The van der Waals surface area contributed by atoms with E-state index in [1.54, 1.807) is 5.51 Å². The molecule has 0 N–H and O–H groups in total. The minimum atomic E-state index is 0.534. The molecule has 0 bridgehead atoms.